The van der Waals surface area contributed by atoms with E-state index in [9.17, 15) is 0 Å². The third-order valence-corrected chi connectivity index (χ3v) is 5.42. The van der Waals surface area contributed by atoms with Gasteiger partial charge in [-0.1, -0.05) is 24.3 Å². The lowest BCUT2D eigenvalue weighted by molar-refractivity contribution is -0.0390. The molecular weight excluding hydrogens is 533 g/mol. The predicted octanol–water partition coefficient (Wildman–Crippen LogP) is 4.10. The van der Waals surface area contributed by atoms with Gasteiger partial charge in [-0.2, -0.15) is 0 Å². The first kappa shape index (κ1) is 27.2. The fraction of sp³-hybridized carbons (Fsp3) is 0.480. The van der Waals surface area contributed by atoms with Gasteiger partial charge in [-0.25, -0.2) is 0 Å². The van der Waals surface area contributed by atoms with Gasteiger partial charge in [0.25, 0.3) is 0 Å². The molecule has 1 aliphatic rings. The van der Waals surface area contributed by atoms with Crippen molar-refractivity contribution in [1.29, 1.82) is 0 Å². The van der Waals surface area contributed by atoms with Crippen LogP contribution in [-0.2, 0) is 22.6 Å². The Labute approximate surface area is 214 Å². The maximum Gasteiger partial charge on any atom is 0.193 e. The van der Waals surface area contributed by atoms with E-state index in [-0.39, 0.29) is 24.0 Å². The Kier molecular flexibility index (Phi) is 12.3. The molecule has 1 heterocycles. The van der Waals surface area contributed by atoms with Crippen LogP contribution < -0.4 is 14.8 Å². The zero-order chi connectivity index (χ0) is 22.6. The van der Waals surface area contributed by atoms with Crippen LogP contribution in [0.25, 0.3) is 0 Å². The van der Waals surface area contributed by atoms with Gasteiger partial charge in [0.1, 0.15) is 18.1 Å². The highest BCUT2D eigenvalue weighted by molar-refractivity contribution is 14.0. The van der Waals surface area contributed by atoms with E-state index in [4.69, 9.17) is 18.9 Å². The maximum absolute atomic E-state index is 6.05. The number of ether oxygens (including phenoxy) is 4. The Morgan fingerprint density at radius 1 is 1.09 bits per heavy atom. The summed E-state index contributed by atoms with van der Waals surface area (Å²) in [7, 11) is 5.45. The van der Waals surface area contributed by atoms with Gasteiger partial charge >= 0.3 is 0 Å². The Bertz CT molecular complexity index is 842. The van der Waals surface area contributed by atoms with Crippen molar-refractivity contribution >= 4 is 29.9 Å². The predicted molar refractivity (Wildman–Crippen MR) is 142 cm³/mol. The molecule has 0 amide bonds. The minimum absolute atomic E-state index is 0. The molecule has 2 aromatic rings. The molecule has 0 spiro atoms. The second-order valence-electron chi connectivity index (χ2n) is 7.79. The lowest BCUT2D eigenvalue weighted by Crippen LogP contribution is -2.40. The first-order chi connectivity index (χ1) is 15.7. The standard InChI is InChI=1S/C25H35N3O4.HI/c1-26-25(28(2)13-16-31-23-9-7-22(29-3)8-10-23)27-18-20-5-4-6-21(17-20)19-32-24-11-14-30-15-12-24;/h4-10,17,24H,11-16,18-19H2,1-3H3,(H,26,27);1H. The zero-order valence-corrected chi connectivity index (χ0v) is 22.1. The summed E-state index contributed by atoms with van der Waals surface area (Å²) in [6.45, 7) is 4.20. The molecule has 1 aliphatic heterocycles. The Morgan fingerprint density at radius 3 is 2.48 bits per heavy atom. The van der Waals surface area contributed by atoms with Crippen LogP contribution in [0, 0.1) is 0 Å². The SMILES string of the molecule is CN=C(NCc1cccc(COC2CCOCC2)c1)N(C)CCOc1ccc(OC)cc1.I. The molecule has 7 nitrogen and oxygen atoms in total. The van der Waals surface area contributed by atoms with Crippen LogP contribution in [0.4, 0.5) is 0 Å². The molecule has 1 saturated heterocycles. The molecule has 0 bridgehead atoms. The van der Waals surface area contributed by atoms with Crippen LogP contribution in [0.5, 0.6) is 11.5 Å². The van der Waals surface area contributed by atoms with Crippen LogP contribution in [0.15, 0.2) is 53.5 Å². The third-order valence-electron chi connectivity index (χ3n) is 5.42. The Balaban J connectivity index is 0.00000385. The molecule has 2 aromatic carbocycles. The van der Waals surface area contributed by atoms with E-state index in [0.29, 0.717) is 32.4 Å². The van der Waals surface area contributed by atoms with Crippen molar-refractivity contribution in [2.24, 2.45) is 4.99 Å². The summed E-state index contributed by atoms with van der Waals surface area (Å²) >= 11 is 0. The monoisotopic (exact) mass is 569 g/mol. The molecule has 0 unspecified atom stereocenters. The molecule has 8 heteroatoms. The van der Waals surface area contributed by atoms with Crippen LogP contribution >= 0.6 is 24.0 Å². The summed E-state index contributed by atoms with van der Waals surface area (Å²) in [5, 5.41) is 3.43. The Hall–Kier alpha value is -2.04. The number of halogens is 1. The second kappa shape index (κ2) is 15.0. The van der Waals surface area contributed by atoms with Crippen molar-refractivity contribution in [3.8, 4) is 11.5 Å². The average Bonchev–Trinajstić information content (AvgIpc) is 2.84. The largest absolute Gasteiger partial charge is 0.497 e. The van der Waals surface area contributed by atoms with Gasteiger partial charge in [-0.15, -0.1) is 24.0 Å². The number of hydrogen-bond donors (Lipinski definition) is 1. The molecule has 182 valence electrons. The number of benzene rings is 2. The van der Waals surface area contributed by atoms with Gasteiger partial charge in [-0.3, -0.25) is 4.99 Å². The summed E-state index contributed by atoms with van der Waals surface area (Å²) in [6, 6.07) is 16.1. The highest BCUT2D eigenvalue weighted by atomic mass is 127. The molecule has 33 heavy (non-hydrogen) atoms. The van der Waals surface area contributed by atoms with E-state index in [1.807, 2.05) is 31.3 Å². The van der Waals surface area contributed by atoms with Crippen LogP contribution in [0.2, 0.25) is 0 Å². The van der Waals surface area contributed by atoms with E-state index >= 15 is 0 Å². The topological polar surface area (TPSA) is 64.6 Å². The van der Waals surface area contributed by atoms with Crippen molar-refractivity contribution in [1.82, 2.24) is 10.2 Å². The van der Waals surface area contributed by atoms with Gasteiger partial charge in [0, 0.05) is 33.9 Å². The van der Waals surface area contributed by atoms with E-state index in [1.165, 1.54) is 11.1 Å². The van der Waals surface area contributed by atoms with Crippen molar-refractivity contribution in [2.75, 3.05) is 47.6 Å². The minimum atomic E-state index is 0. The molecule has 0 saturated carbocycles. The molecule has 0 aliphatic carbocycles. The van der Waals surface area contributed by atoms with Gasteiger partial charge in [-0.05, 0) is 48.2 Å². The number of nitrogens with zero attached hydrogens (tertiary/aromatic N) is 2. The average molecular weight is 569 g/mol. The van der Waals surface area contributed by atoms with E-state index in [2.05, 4.69) is 39.5 Å². The molecule has 3 rings (SSSR count). The lowest BCUT2D eigenvalue weighted by Gasteiger charge is -2.23. The summed E-state index contributed by atoms with van der Waals surface area (Å²) in [6.07, 6.45) is 2.26. The molecule has 0 radical (unpaired) electrons. The zero-order valence-electron chi connectivity index (χ0n) is 19.8. The normalized spacial score (nSPS) is 14.3. The van der Waals surface area contributed by atoms with Gasteiger partial charge < -0.3 is 29.2 Å². The molecule has 0 aromatic heterocycles. The fourth-order valence-electron chi connectivity index (χ4n) is 3.53. The minimum Gasteiger partial charge on any atom is -0.497 e. The van der Waals surface area contributed by atoms with Crippen LogP contribution in [0.3, 0.4) is 0 Å². The molecule has 1 fully saturated rings. The molecule has 0 atom stereocenters. The number of rotatable bonds is 10. The molecule has 1 N–H and O–H groups in total. The fourth-order valence-corrected chi connectivity index (χ4v) is 3.53. The van der Waals surface area contributed by atoms with Crippen molar-refractivity contribution in [2.45, 2.75) is 32.1 Å². The second-order valence-corrected chi connectivity index (χ2v) is 7.79. The Morgan fingerprint density at radius 2 is 1.79 bits per heavy atom. The first-order valence-electron chi connectivity index (χ1n) is 11.1. The van der Waals surface area contributed by atoms with E-state index in [1.54, 1.807) is 14.2 Å². The number of nitrogens with one attached hydrogen (secondary N) is 1. The highest BCUT2D eigenvalue weighted by Gasteiger charge is 2.14. The van der Waals surface area contributed by atoms with Crippen LogP contribution in [-0.4, -0.2) is 64.5 Å². The van der Waals surface area contributed by atoms with Gasteiger partial charge in [0.15, 0.2) is 5.96 Å². The number of guanidine groups is 1. The third kappa shape index (κ3) is 9.38. The number of methoxy groups -OCH3 is 1. The highest BCUT2D eigenvalue weighted by Crippen LogP contribution is 2.17. The van der Waals surface area contributed by atoms with Crippen LogP contribution in [0.1, 0.15) is 24.0 Å². The van der Waals surface area contributed by atoms with E-state index in [0.717, 1.165) is 43.5 Å². The summed E-state index contributed by atoms with van der Waals surface area (Å²) in [4.78, 5) is 6.45. The maximum atomic E-state index is 6.05. The summed E-state index contributed by atoms with van der Waals surface area (Å²) < 4.78 is 22.4. The summed E-state index contributed by atoms with van der Waals surface area (Å²) in [5.41, 5.74) is 2.38. The van der Waals surface area contributed by atoms with Gasteiger partial charge in [0.05, 0.1) is 26.4 Å². The van der Waals surface area contributed by atoms with Crippen molar-refractivity contribution < 1.29 is 18.9 Å². The quantitative estimate of drug-likeness (QED) is 0.264. The molecular formula is C25H36IN3O4. The lowest BCUT2D eigenvalue weighted by atomic mass is 10.1. The van der Waals surface area contributed by atoms with Crippen molar-refractivity contribution in [3.05, 3.63) is 59.7 Å². The number of aliphatic imine (C=N–C) groups is 1. The van der Waals surface area contributed by atoms with Gasteiger partial charge in [0.2, 0.25) is 0 Å². The van der Waals surface area contributed by atoms with Crippen molar-refractivity contribution in [3.63, 3.8) is 0 Å². The summed E-state index contributed by atoms with van der Waals surface area (Å²) in [5.74, 6) is 2.47. The number of hydrogen-bond acceptors (Lipinski definition) is 5. The first-order valence-corrected chi connectivity index (χ1v) is 11.1. The van der Waals surface area contributed by atoms with E-state index < -0.39 is 0 Å². The number of likely N-dealkylation sites (N-methyl/N-ethyl adjacent to an activating group) is 1. The smallest absolute Gasteiger partial charge is 0.193 e.